The number of alkyl halides is 1. The second kappa shape index (κ2) is 7.41. The maximum absolute atomic E-state index is 12.6. The summed E-state index contributed by atoms with van der Waals surface area (Å²) in [6.45, 7) is 1.93. The van der Waals surface area contributed by atoms with E-state index in [1.165, 1.54) is 21.3 Å². The van der Waals surface area contributed by atoms with Crippen LogP contribution in [0.4, 0.5) is 0 Å². The Balaban J connectivity index is 2.28. The summed E-state index contributed by atoms with van der Waals surface area (Å²) < 4.78 is 21.7. The van der Waals surface area contributed by atoms with Gasteiger partial charge >= 0.3 is 5.63 Å². The van der Waals surface area contributed by atoms with E-state index in [0.29, 0.717) is 34.0 Å². The average molecular weight is 419 g/mol. The maximum Gasteiger partial charge on any atom is 0.344 e. The highest BCUT2D eigenvalue weighted by molar-refractivity contribution is 9.08. The number of halogens is 1. The summed E-state index contributed by atoms with van der Waals surface area (Å²) in [7, 11) is 4.61. The minimum Gasteiger partial charge on any atom is -0.493 e. The molecule has 1 heterocycles. The Morgan fingerprint density at radius 2 is 1.62 bits per heavy atom. The SMILES string of the molecule is COc1cc(-c2cc3cc(CBr)cc(C)c3oc2=O)cc(OC)c1OC. The number of benzene rings is 2. The molecule has 0 N–H and O–H groups in total. The molecule has 136 valence electrons. The summed E-state index contributed by atoms with van der Waals surface area (Å²) in [4.78, 5) is 12.6. The van der Waals surface area contributed by atoms with Crippen molar-refractivity contribution in [2.45, 2.75) is 12.3 Å². The molecular weight excluding hydrogens is 400 g/mol. The Labute approximate surface area is 159 Å². The number of fused-ring (bicyclic) bond motifs is 1. The smallest absolute Gasteiger partial charge is 0.344 e. The van der Waals surface area contributed by atoms with Crippen molar-refractivity contribution >= 4 is 26.9 Å². The largest absolute Gasteiger partial charge is 0.493 e. The monoisotopic (exact) mass is 418 g/mol. The number of ether oxygens (including phenoxy) is 3. The zero-order valence-electron chi connectivity index (χ0n) is 15.0. The van der Waals surface area contributed by atoms with E-state index in [0.717, 1.165) is 21.8 Å². The molecule has 1 aromatic heterocycles. The quantitative estimate of drug-likeness (QED) is 0.444. The third-order valence-electron chi connectivity index (χ3n) is 4.21. The summed E-state index contributed by atoms with van der Waals surface area (Å²) in [6, 6.07) is 9.31. The summed E-state index contributed by atoms with van der Waals surface area (Å²) >= 11 is 3.47. The summed E-state index contributed by atoms with van der Waals surface area (Å²) in [5, 5.41) is 1.59. The molecule has 0 bridgehead atoms. The molecule has 0 aliphatic rings. The fourth-order valence-corrected chi connectivity index (χ4v) is 3.33. The van der Waals surface area contributed by atoms with Crippen molar-refractivity contribution in [3.8, 4) is 28.4 Å². The third kappa shape index (κ3) is 3.17. The molecule has 0 radical (unpaired) electrons. The molecule has 0 amide bonds. The molecule has 3 rings (SSSR count). The Bertz CT molecular complexity index is 998. The molecule has 6 heteroatoms. The third-order valence-corrected chi connectivity index (χ3v) is 4.86. The molecule has 0 atom stereocenters. The van der Waals surface area contributed by atoms with Crippen LogP contribution in [0.3, 0.4) is 0 Å². The van der Waals surface area contributed by atoms with Gasteiger partial charge in [0.25, 0.3) is 0 Å². The lowest BCUT2D eigenvalue weighted by Gasteiger charge is -2.14. The Morgan fingerprint density at radius 1 is 0.962 bits per heavy atom. The number of methoxy groups -OCH3 is 3. The Morgan fingerprint density at radius 3 is 2.15 bits per heavy atom. The first-order chi connectivity index (χ1) is 12.5. The van der Waals surface area contributed by atoms with Crippen LogP contribution in [-0.2, 0) is 5.33 Å². The van der Waals surface area contributed by atoms with Crippen LogP contribution in [0.15, 0.2) is 39.5 Å². The van der Waals surface area contributed by atoms with Crippen LogP contribution in [0.5, 0.6) is 17.2 Å². The molecule has 0 fully saturated rings. The van der Waals surface area contributed by atoms with E-state index in [1.807, 2.05) is 25.1 Å². The lowest BCUT2D eigenvalue weighted by atomic mass is 10.0. The van der Waals surface area contributed by atoms with Crippen LogP contribution in [0.1, 0.15) is 11.1 Å². The summed E-state index contributed by atoms with van der Waals surface area (Å²) in [5.74, 6) is 1.43. The van der Waals surface area contributed by atoms with Gasteiger partial charge in [0, 0.05) is 10.7 Å². The predicted octanol–water partition coefficient (Wildman–Crippen LogP) is 4.69. The van der Waals surface area contributed by atoms with E-state index < -0.39 is 5.63 Å². The van der Waals surface area contributed by atoms with Crippen molar-refractivity contribution in [2.75, 3.05) is 21.3 Å². The number of hydrogen-bond donors (Lipinski definition) is 0. The normalized spacial score (nSPS) is 10.8. The predicted molar refractivity (Wildman–Crippen MR) is 105 cm³/mol. The van der Waals surface area contributed by atoms with Crippen molar-refractivity contribution in [1.82, 2.24) is 0 Å². The lowest BCUT2D eigenvalue weighted by molar-refractivity contribution is 0.324. The highest BCUT2D eigenvalue weighted by atomic mass is 79.9. The van der Waals surface area contributed by atoms with E-state index >= 15 is 0 Å². The van der Waals surface area contributed by atoms with Gasteiger partial charge in [-0.15, -0.1) is 0 Å². The molecule has 0 saturated carbocycles. The molecule has 26 heavy (non-hydrogen) atoms. The Hall–Kier alpha value is -2.47. The van der Waals surface area contributed by atoms with Gasteiger partial charge in [-0.2, -0.15) is 0 Å². The van der Waals surface area contributed by atoms with Crippen molar-refractivity contribution in [2.24, 2.45) is 0 Å². The molecule has 0 aliphatic heterocycles. The first kappa shape index (κ1) is 18.3. The molecule has 5 nitrogen and oxygen atoms in total. The van der Waals surface area contributed by atoms with Gasteiger partial charge in [0.2, 0.25) is 5.75 Å². The van der Waals surface area contributed by atoms with Crippen LogP contribution in [0, 0.1) is 6.92 Å². The van der Waals surface area contributed by atoms with Gasteiger partial charge in [0.1, 0.15) is 5.58 Å². The van der Waals surface area contributed by atoms with E-state index in [9.17, 15) is 4.79 Å². The molecule has 0 unspecified atom stereocenters. The first-order valence-electron chi connectivity index (χ1n) is 7.96. The molecule has 0 aliphatic carbocycles. The van der Waals surface area contributed by atoms with Crippen molar-refractivity contribution < 1.29 is 18.6 Å². The van der Waals surface area contributed by atoms with Gasteiger partial charge in [-0.3, -0.25) is 0 Å². The molecule has 2 aromatic carbocycles. The highest BCUT2D eigenvalue weighted by Gasteiger charge is 2.17. The van der Waals surface area contributed by atoms with Crippen LogP contribution < -0.4 is 19.8 Å². The van der Waals surface area contributed by atoms with Crippen molar-refractivity contribution in [1.29, 1.82) is 0 Å². The van der Waals surface area contributed by atoms with Crippen LogP contribution in [-0.4, -0.2) is 21.3 Å². The summed E-state index contributed by atoms with van der Waals surface area (Å²) in [5.41, 5.74) is 3.28. The molecule has 0 spiro atoms. The van der Waals surface area contributed by atoms with Gasteiger partial charge in [0.05, 0.1) is 26.9 Å². The second-order valence-electron chi connectivity index (χ2n) is 5.83. The fraction of sp³-hybridized carbons (Fsp3) is 0.250. The van der Waals surface area contributed by atoms with Gasteiger partial charge in [-0.1, -0.05) is 22.0 Å². The topological polar surface area (TPSA) is 57.9 Å². The maximum atomic E-state index is 12.6. The van der Waals surface area contributed by atoms with E-state index in [2.05, 4.69) is 15.9 Å². The number of aryl methyl sites for hydroxylation is 1. The van der Waals surface area contributed by atoms with Gasteiger partial charge in [-0.05, 0) is 47.9 Å². The lowest BCUT2D eigenvalue weighted by Crippen LogP contribution is -2.04. The second-order valence-corrected chi connectivity index (χ2v) is 6.39. The van der Waals surface area contributed by atoms with Gasteiger partial charge < -0.3 is 18.6 Å². The van der Waals surface area contributed by atoms with E-state index in [-0.39, 0.29) is 0 Å². The van der Waals surface area contributed by atoms with Crippen LogP contribution >= 0.6 is 15.9 Å². The minimum atomic E-state index is -0.415. The molecule has 3 aromatic rings. The van der Waals surface area contributed by atoms with E-state index in [1.54, 1.807) is 12.1 Å². The Kier molecular flexibility index (Phi) is 5.23. The summed E-state index contributed by atoms with van der Waals surface area (Å²) in [6.07, 6.45) is 0. The fourth-order valence-electron chi connectivity index (χ4n) is 3.00. The minimum absolute atomic E-state index is 0.415. The average Bonchev–Trinajstić information content (AvgIpc) is 2.66. The van der Waals surface area contributed by atoms with Crippen LogP contribution in [0.25, 0.3) is 22.1 Å². The van der Waals surface area contributed by atoms with Crippen molar-refractivity contribution in [3.63, 3.8) is 0 Å². The van der Waals surface area contributed by atoms with E-state index in [4.69, 9.17) is 18.6 Å². The zero-order chi connectivity index (χ0) is 18.8. The number of hydrogen-bond acceptors (Lipinski definition) is 5. The van der Waals surface area contributed by atoms with Gasteiger partial charge in [-0.25, -0.2) is 4.79 Å². The zero-order valence-corrected chi connectivity index (χ0v) is 16.6. The highest BCUT2D eigenvalue weighted by Crippen LogP contribution is 2.41. The first-order valence-corrected chi connectivity index (χ1v) is 9.08. The molecular formula is C20H19BrO5. The molecule has 0 saturated heterocycles. The number of rotatable bonds is 5. The van der Waals surface area contributed by atoms with Crippen LogP contribution in [0.2, 0.25) is 0 Å². The standard InChI is InChI=1S/C20H19BrO5/c1-11-5-12(10-21)6-14-7-15(20(22)26-18(11)14)13-8-16(23-2)19(25-4)17(9-13)24-3/h5-9H,10H2,1-4H3. The van der Waals surface area contributed by atoms with Gasteiger partial charge in [0.15, 0.2) is 11.5 Å². The van der Waals surface area contributed by atoms with Crippen molar-refractivity contribution in [3.05, 3.63) is 51.9 Å².